The largest absolute Gasteiger partial charge is 0.332 e. The van der Waals surface area contributed by atoms with Crippen molar-refractivity contribution in [3.05, 3.63) is 17.6 Å². The fourth-order valence-corrected chi connectivity index (χ4v) is 1.54. The van der Waals surface area contributed by atoms with Crippen LogP contribution in [0.25, 0.3) is 11.6 Å². The molecular weight excluding hydrogens is 218 g/mol. The fourth-order valence-electron chi connectivity index (χ4n) is 1.54. The Morgan fingerprint density at radius 2 is 2.24 bits per heavy atom. The quantitative estimate of drug-likeness (QED) is 0.864. The van der Waals surface area contributed by atoms with Crippen LogP contribution in [0.5, 0.6) is 0 Å². The molecule has 0 aliphatic heterocycles. The van der Waals surface area contributed by atoms with E-state index in [1.54, 1.807) is 4.68 Å². The Hall–Kier alpha value is -1.69. The number of hydrogen-bond acceptors (Lipinski definition) is 5. The number of aromatic nitrogens is 4. The molecule has 0 fully saturated rings. The Balaban J connectivity index is 2.15. The number of aryl methyl sites for hydroxylation is 2. The van der Waals surface area contributed by atoms with Crippen LogP contribution in [0.1, 0.15) is 25.4 Å². The van der Waals surface area contributed by atoms with Gasteiger partial charge in [-0.3, -0.25) is 4.68 Å². The lowest BCUT2D eigenvalue weighted by atomic mass is 10.3. The molecule has 2 aromatic rings. The van der Waals surface area contributed by atoms with Gasteiger partial charge in [0.1, 0.15) is 5.69 Å². The lowest BCUT2D eigenvalue weighted by Gasteiger charge is -2.03. The van der Waals surface area contributed by atoms with E-state index in [1.807, 2.05) is 20.0 Å². The summed E-state index contributed by atoms with van der Waals surface area (Å²) in [7, 11) is 1.86. The van der Waals surface area contributed by atoms with Gasteiger partial charge >= 0.3 is 0 Å². The molecule has 2 heterocycles. The van der Waals surface area contributed by atoms with Gasteiger partial charge in [-0.2, -0.15) is 10.1 Å². The SMILES string of the molecule is Cc1cc(-c2nc(CNC(C)C)no2)n(C)n1. The minimum absolute atomic E-state index is 0.399. The van der Waals surface area contributed by atoms with Crippen molar-refractivity contribution in [3.8, 4) is 11.6 Å². The van der Waals surface area contributed by atoms with E-state index in [1.165, 1.54) is 0 Å². The normalized spacial score (nSPS) is 11.4. The van der Waals surface area contributed by atoms with Crippen molar-refractivity contribution >= 4 is 0 Å². The molecule has 0 aliphatic rings. The summed E-state index contributed by atoms with van der Waals surface area (Å²) in [4.78, 5) is 4.33. The first-order chi connectivity index (χ1) is 8.06. The van der Waals surface area contributed by atoms with Crippen LogP contribution in [0, 0.1) is 6.92 Å². The van der Waals surface area contributed by atoms with Gasteiger partial charge in [0.25, 0.3) is 5.89 Å². The van der Waals surface area contributed by atoms with Gasteiger partial charge in [0.05, 0.1) is 12.2 Å². The van der Waals surface area contributed by atoms with Gasteiger partial charge in [-0.25, -0.2) is 0 Å². The van der Waals surface area contributed by atoms with Crippen molar-refractivity contribution in [1.29, 1.82) is 0 Å². The molecule has 0 spiro atoms. The van der Waals surface area contributed by atoms with Crippen LogP contribution in [-0.2, 0) is 13.6 Å². The highest BCUT2D eigenvalue weighted by atomic mass is 16.5. The molecule has 0 saturated carbocycles. The molecule has 1 N–H and O–H groups in total. The van der Waals surface area contributed by atoms with Gasteiger partial charge in [-0.05, 0) is 13.0 Å². The van der Waals surface area contributed by atoms with Crippen LogP contribution >= 0.6 is 0 Å². The molecule has 92 valence electrons. The van der Waals surface area contributed by atoms with Crippen molar-refractivity contribution in [2.75, 3.05) is 0 Å². The van der Waals surface area contributed by atoms with Gasteiger partial charge in [-0.15, -0.1) is 0 Å². The van der Waals surface area contributed by atoms with Crippen LogP contribution in [0.3, 0.4) is 0 Å². The fraction of sp³-hybridized carbons (Fsp3) is 0.545. The predicted molar refractivity (Wildman–Crippen MR) is 63.2 cm³/mol. The molecule has 0 unspecified atom stereocenters. The highest BCUT2D eigenvalue weighted by molar-refractivity contribution is 5.47. The molecule has 0 amide bonds. The van der Waals surface area contributed by atoms with Gasteiger partial charge in [-0.1, -0.05) is 19.0 Å². The molecule has 0 aliphatic carbocycles. The molecule has 0 bridgehead atoms. The Labute approximate surface area is 100 Å². The van der Waals surface area contributed by atoms with Gasteiger partial charge < -0.3 is 9.84 Å². The van der Waals surface area contributed by atoms with Gasteiger partial charge in [0, 0.05) is 13.1 Å². The highest BCUT2D eigenvalue weighted by Gasteiger charge is 2.13. The molecule has 6 nitrogen and oxygen atoms in total. The number of nitrogens with one attached hydrogen (secondary N) is 1. The Morgan fingerprint density at radius 3 is 2.82 bits per heavy atom. The monoisotopic (exact) mass is 235 g/mol. The van der Waals surface area contributed by atoms with E-state index >= 15 is 0 Å². The molecule has 17 heavy (non-hydrogen) atoms. The topological polar surface area (TPSA) is 68.8 Å². The summed E-state index contributed by atoms with van der Waals surface area (Å²) in [5.74, 6) is 1.17. The first-order valence-electron chi connectivity index (χ1n) is 5.63. The predicted octanol–water partition coefficient (Wildman–Crippen LogP) is 1.28. The molecule has 6 heteroatoms. The van der Waals surface area contributed by atoms with E-state index in [0.29, 0.717) is 24.3 Å². The Morgan fingerprint density at radius 1 is 1.47 bits per heavy atom. The van der Waals surface area contributed by atoms with Crippen LogP contribution < -0.4 is 5.32 Å². The number of rotatable bonds is 4. The summed E-state index contributed by atoms with van der Waals surface area (Å²) in [5, 5.41) is 11.4. The number of nitrogens with zero attached hydrogens (tertiary/aromatic N) is 4. The van der Waals surface area contributed by atoms with Crippen LogP contribution in [0.2, 0.25) is 0 Å². The van der Waals surface area contributed by atoms with Crippen LogP contribution in [0.4, 0.5) is 0 Å². The molecule has 0 radical (unpaired) electrons. The van der Waals surface area contributed by atoms with E-state index in [0.717, 1.165) is 11.4 Å². The zero-order valence-electron chi connectivity index (χ0n) is 10.6. The molecule has 2 rings (SSSR count). The highest BCUT2D eigenvalue weighted by Crippen LogP contribution is 2.17. The molecular formula is C11H17N5O. The Bertz CT molecular complexity index is 500. The molecule has 2 aromatic heterocycles. The van der Waals surface area contributed by atoms with Gasteiger partial charge in [0.2, 0.25) is 0 Å². The minimum Gasteiger partial charge on any atom is -0.332 e. The lowest BCUT2D eigenvalue weighted by Crippen LogP contribution is -2.22. The average Bonchev–Trinajstić information content (AvgIpc) is 2.82. The smallest absolute Gasteiger partial charge is 0.276 e. The first kappa shape index (κ1) is 11.8. The number of hydrogen-bond donors (Lipinski definition) is 1. The lowest BCUT2D eigenvalue weighted by molar-refractivity contribution is 0.414. The summed E-state index contributed by atoms with van der Waals surface area (Å²) >= 11 is 0. The van der Waals surface area contributed by atoms with E-state index in [-0.39, 0.29) is 0 Å². The van der Waals surface area contributed by atoms with Crippen molar-refractivity contribution in [2.24, 2.45) is 7.05 Å². The van der Waals surface area contributed by atoms with Crippen molar-refractivity contribution in [1.82, 2.24) is 25.2 Å². The Kier molecular flexibility index (Phi) is 3.23. The van der Waals surface area contributed by atoms with Crippen LogP contribution in [-0.4, -0.2) is 26.0 Å². The summed E-state index contributed by atoms with van der Waals surface area (Å²) in [6.45, 7) is 6.69. The maximum atomic E-state index is 5.22. The maximum Gasteiger partial charge on any atom is 0.276 e. The summed E-state index contributed by atoms with van der Waals surface area (Å²) in [6, 6.07) is 2.32. The first-order valence-corrected chi connectivity index (χ1v) is 5.63. The second kappa shape index (κ2) is 4.67. The summed E-state index contributed by atoms with van der Waals surface area (Å²) in [5.41, 5.74) is 1.77. The third-order valence-corrected chi connectivity index (χ3v) is 2.36. The second-order valence-corrected chi connectivity index (χ2v) is 4.35. The zero-order valence-corrected chi connectivity index (χ0v) is 10.6. The molecule has 0 aromatic carbocycles. The summed E-state index contributed by atoms with van der Waals surface area (Å²) < 4.78 is 6.95. The standard InChI is InChI=1S/C11H17N5O/c1-7(2)12-6-10-13-11(17-15-10)9-5-8(3)14-16(9)4/h5,7,12H,6H2,1-4H3. The minimum atomic E-state index is 0.399. The third-order valence-electron chi connectivity index (χ3n) is 2.36. The van der Waals surface area contributed by atoms with E-state index < -0.39 is 0 Å². The second-order valence-electron chi connectivity index (χ2n) is 4.35. The zero-order chi connectivity index (χ0) is 12.4. The van der Waals surface area contributed by atoms with Crippen molar-refractivity contribution < 1.29 is 4.52 Å². The van der Waals surface area contributed by atoms with Crippen LogP contribution in [0.15, 0.2) is 10.6 Å². The molecule has 0 saturated heterocycles. The maximum absolute atomic E-state index is 5.22. The molecule has 0 atom stereocenters. The van der Waals surface area contributed by atoms with E-state index in [2.05, 4.69) is 34.4 Å². The average molecular weight is 235 g/mol. The third kappa shape index (κ3) is 2.71. The summed E-state index contributed by atoms with van der Waals surface area (Å²) in [6.07, 6.45) is 0. The van der Waals surface area contributed by atoms with Crippen molar-refractivity contribution in [2.45, 2.75) is 33.4 Å². The van der Waals surface area contributed by atoms with Crippen molar-refractivity contribution in [3.63, 3.8) is 0 Å². The van der Waals surface area contributed by atoms with E-state index in [9.17, 15) is 0 Å². The van der Waals surface area contributed by atoms with Gasteiger partial charge in [0.15, 0.2) is 5.82 Å². The van der Waals surface area contributed by atoms with E-state index in [4.69, 9.17) is 4.52 Å².